The number of guanidine groups is 1. The van der Waals surface area contributed by atoms with Gasteiger partial charge in [0.25, 0.3) is 0 Å². The van der Waals surface area contributed by atoms with Gasteiger partial charge in [-0.05, 0) is 38.5 Å². The lowest BCUT2D eigenvalue weighted by molar-refractivity contribution is -0.0504. The largest absolute Gasteiger partial charge is 0.434 e. The number of rotatable bonds is 11. The van der Waals surface area contributed by atoms with Crippen molar-refractivity contribution in [3.63, 3.8) is 0 Å². The van der Waals surface area contributed by atoms with Crippen LogP contribution in [0.5, 0.6) is 5.75 Å². The van der Waals surface area contributed by atoms with Gasteiger partial charge in [-0.2, -0.15) is 8.78 Å². The van der Waals surface area contributed by atoms with Gasteiger partial charge in [0.05, 0.1) is 13.1 Å². The summed E-state index contributed by atoms with van der Waals surface area (Å²) in [6, 6.07) is 4.46. The van der Waals surface area contributed by atoms with E-state index in [0.717, 1.165) is 18.1 Å². The molecule has 0 unspecified atom stereocenters. The molecule has 0 aliphatic carbocycles. The number of benzene rings is 1. The summed E-state index contributed by atoms with van der Waals surface area (Å²) in [6.07, 6.45) is 0.786. The van der Waals surface area contributed by atoms with Gasteiger partial charge in [-0.1, -0.05) is 11.6 Å². The molecule has 30 heavy (non-hydrogen) atoms. The monoisotopic (exact) mass is 444 g/mol. The minimum absolute atomic E-state index is 0.0396. The van der Waals surface area contributed by atoms with E-state index in [1.54, 1.807) is 6.07 Å². The standard InChI is InChI=1S/C19H27ClF2N6O2/c1-4-29-9-5-8-23-19(25-12-17-27-26-13(2)28(17)3)24-11-14-10-15(20)6-7-16(14)30-18(21)22/h6-7,10,18H,4-5,8-9,11-12H2,1-3H3,(H2,23,24,25). The molecule has 0 fully saturated rings. The summed E-state index contributed by atoms with van der Waals surface area (Å²) in [5.74, 6) is 2.07. The van der Waals surface area contributed by atoms with Crippen molar-refractivity contribution >= 4 is 17.6 Å². The third kappa shape index (κ3) is 7.75. The van der Waals surface area contributed by atoms with Crippen LogP contribution in [0.2, 0.25) is 5.02 Å². The van der Waals surface area contributed by atoms with Gasteiger partial charge in [0.1, 0.15) is 11.6 Å². The predicted octanol–water partition coefficient (Wildman–Crippen LogP) is 3.04. The quantitative estimate of drug-likeness (QED) is 0.315. The maximum Gasteiger partial charge on any atom is 0.387 e. The maximum atomic E-state index is 12.7. The first-order valence-corrected chi connectivity index (χ1v) is 9.96. The molecule has 1 aromatic heterocycles. The highest BCUT2D eigenvalue weighted by Gasteiger charge is 2.11. The minimum atomic E-state index is -2.93. The molecule has 11 heteroatoms. The Hall–Kier alpha value is -2.46. The Kier molecular flexibility index (Phi) is 9.75. The number of hydrogen-bond acceptors (Lipinski definition) is 5. The summed E-state index contributed by atoms with van der Waals surface area (Å²) in [6.45, 7) is 3.27. The number of ether oxygens (including phenoxy) is 2. The Labute approximate surface area is 179 Å². The normalized spacial score (nSPS) is 11.8. The van der Waals surface area contributed by atoms with Crippen LogP contribution in [0, 0.1) is 6.92 Å². The summed E-state index contributed by atoms with van der Waals surface area (Å²) in [7, 11) is 1.87. The molecule has 1 aromatic carbocycles. The third-order valence-electron chi connectivity index (χ3n) is 4.20. The fraction of sp³-hybridized carbons (Fsp3) is 0.526. The SMILES string of the molecule is CCOCCCNC(=NCc1cc(Cl)ccc1OC(F)F)NCc1nnc(C)n1C. The van der Waals surface area contributed by atoms with E-state index in [2.05, 4.69) is 30.6 Å². The fourth-order valence-corrected chi connectivity index (χ4v) is 2.71. The van der Waals surface area contributed by atoms with Crippen LogP contribution in [0.3, 0.4) is 0 Å². The predicted molar refractivity (Wildman–Crippen MR) is 111 cm³/mol. The summed E-state index contributed by atoms with van der Waals surface area (Å²) in [5, 5.41) is 14.9. The van der Waals surface area contributed by atoms with Crippen LogP contribution < -0.4 is 15.4 Å². The van der Waals surface area contributed by atoms with E-state index in [-0.39, 0.29) is 12.3 Å². The molecule has 0 saturated carbocycles. The second kappa shape index (κ2) is 12.3. The van der Waals surface area contributed by atoms with Gasteiger partial charge >= 0.3 is 6.61 Å². The zero-order chi connectivity index (χ0) is 21.9. The molecule has 166 valence electrons. The van der Waals surface area contributed by atoms with Crippen molar-refractivity contribution in [3.05, 3.63) is 40.4 Å². The summed E-state index contributed by atoms with van der Waals surface area (Å²) < 4.78 is 37.1. The first-order valence-electron chi connectivity index (χ1n) is 9.58. The lowest BCUT2D eigenvalue weighted by atomic mass is 10.2. The second-order valence-electron chi connectivity index (χ2n) is 6.35. The molecule has 0 aliphatic rings. The van der Waals surface area contributed by atoms with E-state index in [1.807, 2.05) is 25.5 Å². The number of aryl methyl sites for hydroxylation is 1. The Morgan fingerprint density at radius 3 is 2.77 bits per heavy atom. The molecule has 2 N–H and O–H groups in total. The van der Waals surface area contributed by atoms with E-state index in [9.17, 15) is 8.78 Å². The first-order chi connectivity index (χ1) is 14.4. The number of aromatic nitrogens is 3. The van der Waals surface area contributed by atoms with Crippen LogP contribution in [0.25, 0.3) is 0 Å². The van der Waals surface area contributed by atoms with Crippen molar-refractivity contribution in [2.75, 3.05) is 19.8 Å². The molecule has 0 radical (unpaired) electrons. The van der Waals surface area contributed by atoms with Crippen molar-refractivity contribution in [1.82, 2.24) is 25.4 Å². The van der Waals surface area contributed by atoms with Crippen LogP contribution in [-0.4, -0.2) is 47.1 Å². The average molecular weight is 445 g/mol. The second-order valence-corrected chi connectivity index (χ2v) is 6.79. The molecule has 2 aromatic rings. The van der Waals surface area contributed by atoms with E-state index in [0.29, 0.717) is 42.8 Å². The highest BCUT2D eigenvalue weighted by atomic mass is 35.5. The van der Waals surface area contributed by atoms with E-state index in [4.69, 9.17) is 16.3 Å². The first kappa shape index (κ1) is 23.8. The van der Waals surface area contributed by atoms with Crippen molar-refractivity contribution < 1.29 is 18.3 Å². The number of nitrogens with zero attached hydrogens (tertiary/aromatic N) is 4. The topological polar surface area (TPSA) is 85.6 Å². The molecule has 8 nitrogen and oxygen atoms in total. The average Bonchev–Trinajstić information content (AvgIpc) is 3.02. The van der Waals surface area contributed by atoms with Gasteiger partial charge in [0.2, 0.25) is 0 Å². The van der Waals surface area contributed by atoms with E-state index >= 15 is 0 Å². The number of nitrogens with one attached hydrogen (secondary N) is 2. The Morgan fingerprint density at radius 2 is 2.10 bits per heavy atom. The summed E-state index contributed by atoms with van der Waals surface area (Å²) in [4.78, 5) is 4.48. The molecule has 0 aliphatic heterocycles. The van der Waals surface area contributed by atoms with Crippen molar-refractivity contribution in [3.8, 4) is 5.75 Å². The van der Waals surface area contributed by atoms with Crippen LogP contribution in [0.1, 0.15) is 30.6 Å². The number of hydrogen-bond donors (Lipinski definition) is 2. The molecular formula is C19H27ClF2N6O2. The highest BCUT2D eigenvalue weighted by Crippen LogP contribution is 2.25. The summed E-state index contributed by atoms with van der Waals surface area (Å²) in [5.41, 5.74) is 0.452. The zero-order valence-corrected chi connectivity index (χ0v) is 18.0. The Balaban J connectivity index is 2.09. The smallest absolute Gasteiger partial charge is 0.387 e. The number of aliphatic imine (C=N–C) groups is 1. The van der Waals surface area contributed by atoms with Crippen LogP contribution in [-0.2, 0) is 24.9 Å². The zero-order valence-electron chi connectivity index (χ0n) is 17.3. The van der Waals surface area contributed by atoms with Crippen molar-refractivity contribution in [1.29, 1.82) is 0 Å². The molecule has 0 saturated heterocycles. The van der Waals surface area contributed by atoms with Crippen LogP contribution in [0.15, 0.2) is 23.2 Å². The molecule has 0 amide bonds. The Bertz CT molecular complexity index is 831. The van der Waals surface area contributed by atoms with Crippen molar-refractivity contribution in [2.45, 2.75) is 40.0 Å². The lowest BCUT2D eigenvalue weighted by Crippen LogP contribution is -2.38. The minimum Gasteiger partial charge on any atom is -0.434 e. The maximum absolute atomic E-state index is 12.7. The van der Waals surface area contributed by atoms with Gasteiger partial charge in [-0.15, -0.1) is 10.2 Å². The van der Waals surface area contributed by atoms with Gasteiger partial charge in [-0.25, -0.2) is 4.99 Å². The molecule has 2 rings (SSSR count). The molecule has 0 atom stereocenters. The fourth-order valence-electron chi connectivity index (χ4n) is 2.51. The van der Waals surface area contributed by atoms with Gasteiger partial charge in [-0.3, -0.25) is 0 Å². The van der Waals surface area contributed by atoms with Gasteiger partial charge < -0.3 is 24.7 Å². The van der Waals surface area contributed by atoms with E-state index < -0.39 is 6.61 Å². The highest BCUT2D eigenvalue weighted by molar-refractivity contribution is 6.30. The molecule has 1 heterocycles. The van der Waals surface area contributed by atoms with E-state index in [1.165, 1.54) is 12.1 Å². The van der Waals surface area contributed by atoms with Crippen molar-refractivity contribution in [2.24, 2.45) is 12.0 Å². The Morgan fingerprint density at radius 1 is 1.30 bits per heavy atom. The lowest BCUT2D eigenvalue weighted by Gasteiger charge is -2.14. The molecule has 0 bridgehead atoms. The van der Waals surface area contributed by atoms with Gasteiger partial charge in [0.15, 0.2) is 11.8 Å². The van der Waals surface area contributed by atoms with Crippen LogP contribution >= 0.6 is 11.6 Å². The number of alkyl halides is 2. The molecular weight excluding hydrogens is 418 g/mol. The van der Waals surface area contributed by atoms with Gasteiger partial charge in [0, 0.05) is 37.4 Å². The third-order valence-corrected chi connectivity index (χ3v) is 4.44. The molecule has 0 spiro atoms. The van der Waals surface area contributed by atoms with Crippen LogP contribution in [0.4, 0.5) is 8.78 Å². The number of halogens is 3. The summed E-state index contributed by atoms with van der Waals surface area (Å²) >= 11 is 6.01.